The van der Waals surface area contributed by atoms with Crippen LogP contribution in [-0.4, -0.2) is 29.7 Å². The summed E-state index contributed by atoms with van der Waals surface area (Å²) in [7, 11) is 0. The highest BCUT2D eigenvalue weighted by Gasteiger charge is 2.19. The minimum Gasteiger partial charge on any atom is -0.511 e. The molecule has 0 fully saturated rings. The highest BCUT2D eigenvalue weighted by atomic mass is 35.5. The number of aliphatic hydroxyl groups is 1. The fourth-order valence-electron chi connectivity index (χ4n) is 2.00. The molecular weight excluding hydrogens is 342 g/mol. The number of carbonyl (C=O) groups is 2. The number of ketones is 1. The van der Waals surface area contributed by atoms with Crippen molar-refractivity contribution in [3.63, 3.8) is 0 Å². The molecule has 0 bridgehead atoms. The van der Waals surface area contributed by atoms with Gasteiger partial charge in [0, 0.05) is 18.1 Å². The van der Waals surface area contributed by atoms with Crippen LogP contribution in [0.1, 0.15) is 45.0 Å². The molecule has 1 rings (SSSR count). The Labute approximate surface area is 153 Å². The van der Waals surface area contributed by atoms with E-state index in [9.17, 15) is 14.7 Å². The molecule has 1 aromatic rings. The monoisotopic (exact) mass is 365 g/mol. The van der Waals surface area contributed by atoms with Crippen molar-refractivity contribution in [3.8, 4) is 0 Å². The van der Waals surface area contributed by atoms with E-state index >= 15 is 0 Å². The van der Waals surface area contributed by atoms with E-state index in [1.807, 2.05) is 0 Å². The van der Waals surface area contributed by atoms with Crippen LogP contribution < -0.4 is 0 Å². The van der Waals surface area contributed by atoms with E-state index in [-0.39, 0.29) is 46.1 Å². The topological polar surface area (TPSA) is 76.0 Å². The normalized spacial score (nSPS) is 12.6. The number of Topliss-reactive ketones (excluding diaryl/α,β-unsaturated/α-hetero) is 1. The predicted molar refractivity (Wildman–Crippen MR) is 99.9 cm³/mol. The standard InChI is InChI=1S/C19H24ClNO4/c1-6-25-19(24)13-8-7-9-15(16(13)20)21-10-14(17(22)11(2)3)18(23)12(4)5/h7-12,22H,6H2,1-5H3. The molecule has 136 valence electrons. The van der Waals surface area contributed by atoms with Gasteiger partial charge in [-0.1, -0.05) is 45.4 Å². The maximum Gasteiger partial charge on any atom is 0.339 e. The number of carbonyl (C=O) groups excluding carboxylic acids is 2. The molecule has 0 saturated heterocycles. The Balaban J connectivity index is 3.30. The molecule has 0 aliphatic heterocycles. The molecule has 5 nitrogen and oxygen atoms in total. The second-order valence-corrected chi connectivity index (χ2v) is 6.47. The number of rotatable bonds is 7. The number of allylic oxidation sites excluding steroid dienone is 2. The molecule has 0 saturated carbocycles. The number of ether oxygens (including phenoxy) is 1. The van der Waals surface area contributed by atoms with Gasteiger partial charge in [0.15, 0.2) is 5.78 Å². The molecule has 0 aliphatic rings. The van der Waals surface area contributed by atoms with Crippen molar-refractivity contribution in [3.05, 3.63) is 40.1 Å². The smallest absolute Gasteiger partial charge is 0.339 e. The van der Waals surface area contributed by atoms with Crippen LogP contribution in [0, 0.1) is 11.8 Å². The predicted octanol–water partition coefficient (Wildman–Crippen LogP) is 4.91. The Morgan fingerprint density at radius 3 is 2.40 bits per heavy atom. The molecule has 0 aliphatic carbocycles. The van der Waals surface area contributed by atoms with Crippen molar-refractivity contribution >= 4 is 35.3 Å². The third kappa shape index (κ3) is 5.43. The number of halogens is 1. The van der Waals surface area contributed by atoms with Crippen molar-refractivity contribution < 1.29 is 19.4 Å². The molecule has 0 unspecified atom stereocenters. The van der Waals surface area contributed by atoms with E-state index in [4.69, 9.17) is 16.3 Å². The summed E-state index contributed by atoms with van der Waals surface area (Å²) in [4.78, 5) is 28.4. The molecule has 0 heterocycles. The van der Waals surface area contributed by atoms with Gasteiger partial charge in [0.2, 0.25) is 0 Å². The Morgan fingerprint density at radius 2 is 1.88 bits per heavy atom. The van der Waals surface area contributed by atoms with Gasteiger partial charge in [-0.2, -0.15) is 0 Å². The van der Waals surface area contributed by atoms with Crippen LogP contribution in [0.15, 0.2) is 34.5 Å². The Hall–Kier alpha value is -2.14. The van der Waals surface area contributed by atoms with Crippen molar-refractivity contribution in [1.82, 2.24) is 0 Å². The second-order valence-electron chi connectivity index (χ2n) is 6.09. The zero-order chi connectivity index (χ0) is 19.1. The zero-order valence-electron chi connectivity index (χ0n) is 15.2. The third-order valence-electron chi connectivity index (χ3n) is 3.42. The van der Waals surface area contributed by atoms with Crippen molar-refractivity contribution in [2.75, 3.05) is 6.61 Å². The largest absolute Gasteiger partial charge is 0.511 e. The van der Waals surface area contributed by atoms with E-state index < -0.39 is 5.97 Å². The van der Waals surface area contributed by atoms with Gasteiger partial charge in [-0.3, -0.25) is 9.79 Å². The fourth-order valence-corrected chi connectivity index (χ4v) is 2.25. The van der Waals surface area contributed by atoms with Gasteiger partial charge in [-0.25, -0.2) is 4.79 Å². The Kier molecular flexibility index (Phi) is 7.84. The number of aliphatic hydroxyl groups excluding tert-OH is 1. The van der Waals surface area contributed by atoms with Crippen molar-refractivity contribution in [2.24, 2.45) is 16.8 Å². The summed E-state index contributed by atoms with van der Waals surface area (Å²) in [5.74, 6) is -1.29. The van der Waals surface area contributed by atoms with E-state index in [0.29, 0.717) is 5.69 Å². The van der Waals surface area contributed by atoms with Crippen molar-refractivity contribution in [2.45, 2.75) is 34.6 Å². The summed E-state index contributed by atoms with van der Waals surface area (Å²) in [6.45, 7) is 9.00. The van der Waals surface area contributed by atoms with E-state index in [1.54, 1.807) is 52.8 Å². The molecular formula is C19H24ClNO4. The number of aliphatic imine (C=N–C) groups is 1. The highest BCUT2D eigenvalue weighted by Crippen LogP contribution is 2.29. The molecule has 0 radical (unpaired) electrons. The lowest BCUT2D eigenvalue weighted by Crippen LogP contribution is -2.15. The van der Waals surface area contributed by atoms with Crippen LogP contribution in [0.25, 0.3) is 0 Å². The van der Waals surface area contributed by atoms with Gasteiger partial charge in [-0.05, 0) is 19.1 Å². The van der Waals surface area contributed by atoms with E-state index in [1.165, 1.54) is 6.21 Å². The minimum absolute atomic E-state index is 0.0277. The van der Waals surface area contributed by atoms with Crippen LogP contribution in [0.2, 0.25) is 5.02 Å². The molecule has 0 atom stereocenters. The van der Waals surface area contributed by atoms with Gasteiger partial charge in [0.25, 0.3) is 0 Å². The van der Waals surface area contributed by atoms with E-state index in [2.05, 4.69) is 4.99 Å². The first kappa shape index (κ1) is 20.9. The van der Waals surface area contributed by atoms with Crippen LogP contribution in [-0.2, 0) is 9.53 Å². The number of nitrogens with zero attached hydrogens (tertiary/aromatic N) is 1. The van der Waals surface area contributed by atoms with Crippen LogP contribution in [0.5, 0.6) is 0 Å². The lowest BCUT2D eigenvalue weighted by molar-refractivity contribution is -0.117. The number of benzene rings is 1. The maximum atomic E-state index is 12.3. The lowest BCUT2D eigenvalue weighted by atomic mass is 9.97. The average Bonchev–Trinajstić information content (AvgIpc) is 2.55. The highest BCUT2D eigenvalue weighted by molar-refractivity contribution is 6.36. The first-order valence-corrected chi connectivity index (χ1v) is 8.55. The number of esters is 1. The summed E-state index contributed by atoms with van der Waals surface area (Å²) in [5.41, 5.74) is 0.660. The van der Waals surface area contributed by atoms with Gasteiger partial charge in [-0.15, -0.1) is 0 Å². The van der Waals surface area contributed by atoms with Crippen LogP contribution in [0.4, 0.5) is 5.69 Å². The van der Waals surface area contributed by atoms with Gasteiger partial charge < -0.3 is 9.84 Å². The summed E-state index contributed by atoms with van der Waals surface area (Å²) < 4.78 is 4.95. The first-order valence-electron chi connectivity index (χ1n) is 8.17. The molecule has 0 aromatic heterocycles. The van der Waals surface area contributed by atoms with Gasteiger partial charge in [0.1, 0.15) is 5.76 Å². The molecule has 0 amide bonds. The molecule has 1 N–H and O–H groups in total. The maximum absolute atomic E-state index is 12.3. The first-order chi connectivity index (χ1) is 11.7. The summed E-state index contributed by atoms with van der Waals surface area (Å²) in [6, 6.07) is 4.78. The molecule has 6 heteroatoms. The number of hydrogen-bond donors (Lipinski definition) is 1. The molecule has 1 aromatic carbocycles. The summed E-state index contributed by atoms with van der Waals surface area (Å²) in [5, 5.41) is 10.4. The quantitative estimate of drug-likeness (QED) is 0.322. The Morgan fingerprint density at radius 1 is 1.24 bits per heavy atom. The molecule has 25 heavy (non-hydrogen) atoms. The minimum atomic E-state index is -0.538. The number of hydrogen-bond acceptors (Lipinski definition) is 5. The fraction of sp³-hybridized carbons (Fsp3) is 0.421. The van der Waals surface area contributed by atoms with Gasteiger partial charge >= 0.3 is 5.97 Å². The lowest BCUT2D eigenvalue weighted by Gasteiger charge is -2.11. The van der Waals surface area contributed by atoms with E-state index in [0.717, 1.165) is 0 Å². The SMILES string of the molecule is CCOC(=O)c1cccc(N=CC(C(=O)C(C)C)=C(O)C(C)C)c1Cl. The molecule has 0 spiro atoms. The van der Waals surface area contributed by atoms with Crippen LogP contribution in [0.3, 0.4) is 0 Å². The van der Waals surface area contributed by atoms with Crippen molar-refractivity contribution in [1.29, 1.82) is 0 Å². The zero-order valence-corrected chi connectivity index (χ0v) is 15.9. The van der Waals surface area contributed by atoms with Gasteiger partial charge in [0.05, 0.1) is 28.5 Å². The van der Waals surface area contributed by atoms with Crippen LogP contribution >= 0.6 is 11.6 Å². The Bertz CT molecular complexity index is 705. The second kappa shape index (κ2) is 9.37. The third-order valence-corrected chi connectivity index (χ3v) is 3.82. The average molecular weight is 366 g/mol. The summed E-state index contributed by atoms with van der Waals surface area (Å²) >= 11 is 6.23. The summed E-state index contributed by atoms with van der Waals surface area (Å²) in [6.07, 6.45) is 1.30.